The molecule has 0 aromatic heterocycles. The topological polar surface area (TPSA) is 121 Å². The normalized spacial score (nSPS) is 6.29. The first-order valence-electron chi connectivity index (χ1n) is 2.49. The van der Waals surface area contributed by atoms with Gasteiger partial charge in [0.2, 0.25) is 0 Å². The number of aliphatic carboxylic acids is 1. The molecule has 0 radical (unpaired) electrons. The van der Waals surface area contributed by atoms with Crippen LogP contribution in [-0.4, -0.2) is 28.0 Å². The maximum Gasteiger partial charge on any atom is 1.00 e. The molecule has 0 unspecified atom stereocenters. The van der Waals surface area contributed by atoms with Crippen molar-refractivity contribution in [1.29, 1.82) is 0 Å². The standard InChI is InChI=1S/C3H5NO3S.CH3NOS.2K/c5-2(6)1-4-3(7)8;2-1(3)4;;/h1H2,(H,5,6)(H2,4,7,8);(H3,2,3,4);;/q;;2*+1/p-2. The zero-order valence-corrected chi connectivity index (χ0v) is 15.7. The third kappa shape index (κ3) is 47.9. The Morgan fingerprint density at radius 2 is 1.64 bits per heavy atom. The maximum absolute atomic E-state index is 9.79. The molecule has 70 valence electrons. The predicted octanol–water partition coefficient (Wildman–Crippen LogP) is -9.10. The Morgan fingerprint density at radius 1 is 1.36 bits per heavy atom. The van der Waals surface area contributed by atoms with Gasteiger partial charge in [-0.15, -0.1) is 0 Å². The molecule has 0 fully saturated rings. The molecule has 0 spiro atoms. The second-order valence-electron chi connectivity index (χ2n) is 1.35. The van der Waals surface area contributed by atoms with E-state index in [0.29, 0.717) is 0 Å². The van der Waals surface area contributed by atoms with E-state index in [2.05, 4.69) is 30.2 Å². The summed E-state index contributed by atoms with van der Waals surface area (Å²) in [5, 5.41) is 27.2. The molecule has 6 nitrogen and oxygen atoms in total. The molecular formula is C4H6K2N2O4S2. The largest absolute Gasteiger partial charge is 1.00 e. The Hall–Kier alpha value is 2.12. The minimum absolute atomic E-state index is 0. The molecule has 0 heterocycles. The van der Waals surface area contributed by atoms with Crippen LogP contribution in [0.1, 0.15) is 0 Å². The van der Waals surface area contributed by atoms with Crippen molar-refractivity contribution in [3.63, 3.8) is 0 Å². The van der Waals surface area contributed by atoms with Crippen LogP contribution in [-0.2, 0) is 4.79 Å². The van der Waals surface area contributed by atoms with Crippen LogP contribution >= 0.6 is 24.4 Å². The average Bonchev–Trinajstić information content (AvgIpc) is 1.82. The number of rotatable bonds is 2. The maximum atomic E-state index is 9.79. The molecule has 0 aromatic carbocycles. The van der Waals surface area contributed by atoms with E-state index in [1.165, 1.54) is 0 Å². The van der Waals surface area contributed by atoms with Crippen molar-refractivity contribution in [2.45, 2.75) is 0 Å². The van der Waals surface area contributed by atoms with E-state index in [4.69, 9.17) is 10.2 Å². The van der Waals surface area contributed by atoms with Crippen LogP contribution in [0.4, 0.5) is 0 Å². The number of carbonyl (C=O) groups is 1. The van der Waals surface area contributed by atoms with Crippen molar-refractivity contribution < 1.29 is 123 Å². The molecule has 0 bridgehead atoms. The molecule has 4 N–H and O–H groups in total. The van der Waals surface area contributed by atoms with Crippen LogP contribution in [0, 0.1) is 0 Å². The molecule has 0 saturated heterocycles. The summed E-state index contributed by atoms with van der Waals surface area (Å²) < 4.78 is 0. The zero-order chi connectivity index (χ0) is 10.1. The van der Waals surface area contributed by atoms with Crippen molar-refractivity contribution >= 4 is 40.8 Å². The Balaban J connectivity index is -0.0000000733. The second-order valence-corrected chi connectivity index (χ2v) is 2.13. The van der Waals surface area contributed by atoms with E-state index in [0.717, 1.165) is 0 Å². The summed E-state index contributed by atoms with van der Waals surface area (Å²) >= 11 is 7.74. The van der Waals surface area contributed by atoms with Gasteiger partial charge in [-0.2, -0.15) is 0 Å². The van der Waals surface area contributed by atoms with Gasteiger partial charge in [-0.25, -0.2) is 0 Å². The summed E-state index contributed by atoms with van der Waals surface area (Å²) in [6, 6.07) is 0. The molecule has 0 rings (SSSR count). The van der Waals surface area contributed by atoms with E-state index in [-0.39, 0.29) is 103 Å². The summed E-state index contributed by atoms with van der Waals surface area (Å²) in [6.45, 7) is -0.400. The molecule has 10 heteroatoms. The van der Waals surface area contributed by atoms with Crippen LogP contribution in [0.3, 0.4) is 0 Å². The quantitative estimate of drug-likeness (QED) is 0.338. The second kappa shape index (κ2) is 17.5. The Labute approximate surface area is 177 Å². The number of carboxylic acid groups (broad SMARTS) is 1. The van der Waals surface area contributed by atoms with E-state index in [1.54, 1.807) is 0 Å². The number of thiocarbonyl (C=S) groups is 2. The first-order chi connectivity index (χ1) is 5.36. The third-order valence-electron chi connectivity index (χ3n) is 0.384. The minimum atomic E-state index is -1.09. The summed E-state index contributed by atoms with van der Waals surface area (Å²) in [5.74, 6) is -1.09. The van der Waals surface area contributed by atoms with Gasteiger partial charge in [0.15, 0.2) is 0 Å². The summed E-state index contributed by atoms with van der Waals surface area (Å²) in [6.07, 6.45) is 0. The SMILES string of the molecule is NC([O-])=S.O=C(O)CNC([O-])=S.[K+].[K+]. The predicted molar refractivity (Wildman–Crippen MR) is 45.0 cm³/mol. The minimum Gasteiger partial charge on any atom is -0.852 e. The van der Waals surface area contributed by atoms with Crippen LogP contribution in [0.15, 0.2) is 0 Å². The van der Waals surface area contributed by atoms with Gasteiger partial charge < -0.3 is 26.4 Å². The first kappa shape index (κ1) is 25.1. The Kier molecular flexibility index (Phi) is 31.4. The third-order valence-corrected chi connectivity index (χ3v) is 0.528. The van der Waals surface area contributed by atoms with Crippen LogP contribution in [0.25, 0.3) is 0 Å². The number of hydrogen-bond acceptors (Lipinski definition) is 5. The Morgan fingerprint density at radius 3 is 1.71 bits per heavy atom. The monoisotopic (exact) mass is 288 g/mol. The van der Waals surface area contributed by atoms with Gasteiger partial charge in [-0.3, -0.25) is 4.79 Å². The van der Waals surface area contributed by atoms with Crippen molar-refractivity contribution in [3.8, 4) is 0 Å². The summed E-state index contributed by atoms with van der Waals surface area (Å²) in [4.78, 5) is 9.64. The van der Waals surface area contributed by atoms with Gasteiger partial charge in [0.1, 0.15) is 6.54 Å². The van der Waals surface area contributed by atoms with Crippen molar-refractivity contribution in [2.75, 3.05) is 6.54 Å². The zero-order valence-electron chi connectivity index (χ0n) is 7.77. The fourth-order valence-electron chi connectivity index (χ4n) is 0.148. The molecule has 0 atom stereocenters. The van der Waals surface area contributed by atoms with Crippen LogP contribution in [0.2, 0.25) is 0 Å². The van der Waals surface area contributed by atoms with Crippen molar-refractivity contribution in [3.05, 3.63) is 0 Å². The molecule has 0 amide bonds. The van der Waals surface area contributed by atoms with Gasteiger partial charge in [-0.05, 0) is 0 Å². The summed E-state index contributed by atoms with van der Waals surface area (Å²) in [5.41, 5.74) is 4.29. The number of nitrogens with two attached hydrogens (primary N) is 1. The van der Waals surface area contributed by atoms with Gasteiger partial charge in [0, 0.05) is 10.3 Å². The number of carboxylic acids is 1. The van der Waals surface area contributed by atoms with Gasteiger partial charge in [0.25, 0.3) is 0 Å². The van der Waals surface area contributed by atoms with E-state index in [9.17, 15) is 9.90 Å². The fourth-order valence-corrected chi connectivity index (χ4v) is 0.220. The molecule has 0 aromatic rings. The first-order valence-corrected chi connectivity index (χ1v) is 3.31. The summed E-state index contributed by atoms with van der Waals surface area (Å²) in [7, 11) is 0. The van der Waals surface area contributed by atoms with E-state index < -0.39 is 22.9 Å². The van der Waals surface area contributed by atoms with Gasteiger partial charge in [0.05, 0.1) is 0 Å². The molecular weight excluding hydrogens is 282 g/mol. The van der Waals surface area contributed by atoms with E-state index in [1.807, 2.05) is 5.32 Å². The van der Waals surface area contributed by atoms with E-state index >= 15 is 0 Å². The molecule has 0 aliphatic carbocycles. The average molecular weight is 288 g/mol. The van der Waals surface area contributed by atoms with Gasteiger partial charge in [-0.1, -0.05) is 24.4 Å². The van der Waals surface area contributed by atoms with Crippen LogP contribution in [0.5, 0.6) is 0 Å². The van der Waals surface area contributed by atoms with Crippen molar-refractivity contribution in [2.24, 2.45) is 5.73 Å². The van der Waals surface area contributed by atoms with Crippen molar-refractivity contribution in [1.82, 2.24) is 5.32 Å². The Bertz CT molecular complexity index is 174. The molecule has 0 saturated carbocycles. The smallest absolute Gasteiger partial charge is 0.852 e. The number of hydrogen-bond donors (Lipinski definition) is 3. The molecule has 0 aliphatic rings. The van der Waals surface area contributed by atoms with Gasteiger partial charge >= 0.3 is 109 Å². The fraction of sp³-hybridized carbons (Fsp3) is 0.250. The number of nitrogens with one attached hydrogen (secondary N) is 1. The van der Waals surface area contributed by atoms with Crippen LogP contribution < -0.4 is 124 Å². The molecule has 0 aliphatic heterocycles. The molecule has 14 heavy (non-hydrogen) atoms.